The fraction of sp³-hybridized carbons (Fsp3) is 0.680. The zero-order chi connectivity index (χ0) is 23.8. The molecule has 8 heteroatoms. The van der Waals surface area contributed by atoms with Crippen molar-refractivity contribution in [2.24, 2.45) is 0 Å². The lowest BCUT2D eigenvalue weighted by Crippen LogP contribution is -2.54. The summed E-state index contributed by atoms with van der Waals surface area (Å²) in [6.45, 7) is 11.5. The van der Waals surface area contributed by atoms with Gasteiger partial charge in [0.05, 0.1) is 13.7 Å². The van der Waals surface area contributed by atoms with Crippen LogP contribution in [0.15, 0.2) is 24.3 Å². The Morgan fingerprint density at radius 3 is 2.36 bits per heavy atom. The molecule has 184 valence electrons. The van der Waals surface area contributed by atoms with Gasteiger partial charge in [0, 0.05) is 45.3 Å². The third-order valence-corrected chi connectivity index (χ3v) is 6.26. The number of ether oxygens (including phenoxy) is 2. The summed E-state index contributed by atoms with van der Waals surface area (Å²) >= 11 is 0. The molecule has 2 heterocycles. The highest BCUT2D eigenvalue weighted by atomic mass is 16.6. The van der Waals surface area contributed by atoms with Gasteiger partial charge in [0.25, 0.3) is 0 Å². The van der Waals surface area contributed by atoms with Crippen LogP contribution >= 0.6 is 0 Å². The Labute approximate surface area is 198 Å². The van der Waals surface area contributed by atoms with Gasteiger partial charge in [-0.15, -0.1) is 0 Å². The van der Waals surface area contributed by atoms with Crippen LogP contribution < -0.4 is 10.1 Å². The first-order valence-corrected chi connectivity index (χ1v) is 12.1. The molecule has 0 aliphatic carbocycles. The molecular formula is C25H40N4O4. The third-order valence-electron chi connectivity index (χ3n) is 6.26. The number of carbonyl (C=O) groups excluding carboxylic acids is 2. The molecule has 1 aromatic rings. The van der Waals surface area contributed by atoms with Crippen LogP contribution in [0.3, 0.4) is 0 Å². The number of hydrogen-bond acceptors (Lipinski definition) is 6. The Bertz CT molecular complexity index is 770. The number of likely N-dealkylation sites (tertiary alicyclic amines) is 1. The van der Waals surface area contributed by atoms with Crippen molar-refractivity contribution in [2.45, 2.75) is 58.2 Å². The Hall–Kier alpha value is -2.32. The number of carbonyl (C=O) groups is 2. The van der Waals surface area contributed by atoms with Crippen molar-refractivity contribution in [3.63, 3.8) is 0 Å². The number of hydrogen-bond donors (Lipinski definition) is 1. The number of methoxy groups -OCH3 is 1. The van der Waals surface area contributed by atoms with Crippen molar-refractivity contribution < 1.29 is 19.1 Å². The zero-order valence-corrected chi connectivity index (χ0v) is 20.6. The number of nitrogens with one attached hydrogen (secondary N) is 1. The molecular weight excluding hydrogens is 420 g/mol. The first kappa shape index (κ1) is 25.3. The number of rotatable bonds is 7. The molecule has 2 aliphatic heterocycles. The molecule has 0 radical (unpaired) electrons. The minimum absolute atomic E-state index is 0.173. The molecule has 1 atom stereocenters. The topological polar surface area (TPSA) is 74.4 Å². The van der Waals surface area contributed by atoms with Crippen molar-refractivity contribution in [2.75, 3.05) is 52.9 Å². The summed E-state index contributed by atoms with van der Waals surface area (Å²) in [5.41, 5.74) is 0.742. The lowest BCUT2D eigenvalue weighted by molar-refractivity contribution is -0.135. The van der Waals surface area contributed by atoms with Gasteiger partial charge in [-0.3, -0.25) is 14.6 Å². The van der Waals surface area contributed by atoms with Crippen molar-refractivity contribution in [3.8, 4) is 5.75 Å². The normalized spacial score (nSPS) is 20.4. The van der Waals surface area contributed by atoms with Crippen LogP contribution in [0.4, 0.5) is 4.79 Å². The molecule has 3 rings (SSSR count). The molecule has 0 spiro atoms. The minimum atomic E-state index is -0.512. The Morgan fingerprint density at radius 2 is 1.73 bits per heavy atom. The first-order chi connectivity index (χ1) is 15.7. The first-order valence-electron chi connectivity index (χ1n) is 12.1. The van der Waals surface area contributed by atoms with Gasteiger partial charge in [0.15, 0.2) is 0 Å². The van der Waals surface area contributed by atoms with Gasteiger partial charge < -0.3 is 19.7 Å². The van der Waals surface area contributed by atoms with Gasteiger partial charge in [-0.25, -0.2) is 4.79 Å². The highest BCUT2D eigenvalue weighted by molar-refractivity contribution is 5.78. The zero-order valence-electron chi connectivity index (χ0n) is 20.6. The smallest absolute Gasteiger partial charge is 0.407 e. The van der Waals surface area contributed by atoms with E-state index in [0.29, 0.717) is 13.1 Å². The Morgan fingerprint density at radius 1 is 1.03 bits per heavy atom. The number of piperazine rings is 1. The van der Waals surface area contributed by atoms with Crippen LogP contribution in [0.1, 0.15) is 45.6 Å². The summed E-state index contributed by atoms with van der Waals surface area (Å²) in [4.78, 5) is 31.6. The largest absolute Gasteiger partial charge is 0.497 e. The van der Waals surface area contributed by atoms with Crippen LogP contribution in [-0.4, -0.2) is 91.3 Å². The van der Waals surface area contributed by atoms with E-state index in [4.69, 9.17) is 9.47 Å². The average Bonchev–Trinajstić information content (AvgIpc) is 2.78. The van der Waals surface area contributed by atoms with Gasteiger partial charge in [-0.1, -0.05) is 18.6 Å². The molecule has 1 N–H and O–H groups in total. The molecule has 2 amide bonds. The van der Waals surface area contributed by atoms with E-state index in [1.807, 2.05) is 37.8 Å². The quantitative estimate of drug-likeness (QED) is 0.675. The summed E-state index contributed by atoms with van der Waals surface area (Å²) in [6.07, 6.45) is 2.80. The summed E-state index contributed by atoms with van der Waals surface area (Å²) in [5, 5.41) is 2.89. The number of amides is 2. The second kappa shape index (κ2) is 11.7. The highest BCUT2D eigenvalue weighted by Gasteiger charge is 2.28. The van der Waals surface area contributed by atoms with E-state index in [9.17, 15) is 9.59 Å². The van der Waals surface area contributed by atoms with Crippen LogP contribution in [0.2, 0.25) is 0 Å². The van der Waals surface area contributed by atoms with Crippen LogP contribution in [0.5, 0.6) is 5.75 Å². The molecule has 1 aromatic carbocycles. The predicted molar refractivity (Wildman–Crippen MR) is 128 cm³/mol. The number of alkyl carbamates (subject to hydrolysis) is 1. The standard InChI is InChI=1S/C25H40N4O4/c1-25(2,3)33-24(31)26-17-21-7-5-6-12-29(21)19-23(30)28-15-13-27(14-16-28)18-20-8-10-22(32-4)11-9-20/h8-11,21H,5-7,12-19H2,1-4H3,(H,26,31). The summed E-state index contributed by atoms with van der Waals surface area (Å²) in [7, 11) is 1.68. The molecule has 2 saturated heterocycles. The van der Waals surface area contributed by atoms with Gasteiger partial charge in [0.2, 0.25) is 5.91 Å². The summed E-state index contributed by atoms with van der Waals surface area (Å²) < 4.78 is 10.6. The van der Waals surface area contributed by atoms with Crippen LogP contribution in [0.25, 0.3) is 0 Å². The molecule has 33 heavy (non-hydrogen) atoms. The molecule has 0 bridgehead atoms. The predicted octanol–water partition coefficient (Wildman–Crippen LogP) is 2.72. The van der Waals surface area contributed by atoms with Crippen molar-refractivity contribution in [1.29, 1.82) is 0 Å². The Balaban J connectivity index is 1.43. The molecule has 8 nitrogen and oxygen atoms in total. The van der Waals surface area contributed by atoms with Gasteiger partial charge in [0.1, 0.15) is 11.4 Å². The number of benzene rings is 1. The maximum Gasteiger partial charge on any atom is 0.407 e. The van der Waals surface area contributed by atoms with Crippen molar-refractivity contribution in [3.05, 3.63) is 29.8 Å². The molecule has 2 aliphatic rings. The lowest BCUT2D eigenvalue weighted by atomic mass is 10.0. The van der Waals surface area contributed by atoms with Gasteiger partial charge >= 0.3 is 6.09 Å². The maximum absolute atomic E-state index is 13.0. The SMILES string of the molecule is COc1ccc(CN2CCN(C(=O)CN3CCCCC3CNC(=O)OC(C)(C)C)CC2)cc1. The van der Waals surface area contributed by atoms with Crippen molar-refractivity contribution >= 4 is 12.0 Å². The van der Waals surface area contributed by atoms with Crippen LogP contribution in [-0.2, 0) is 16.1 Å². The van der Waals surface area contributed by atoms with Crippen molar-refractivity contribution in [1.82, 2.24) is 20.0 Å². The minimum Gasteiger partial charge on any atom is -0.497 e. The maximum atomic E-state index is 13.0. The van der Waals surface area contributed by atoms with E-state index >= 15 is 0 Å². The molecule has 0 aromatic heterocycles. The van der Waals surface area contributed by atoms with Gasteiger partial charge in [-0.2, -0.15) is 0 Å². The molecule has 0 saturated carbocycles. The molecule has 2 fully saturated rings. The van der Waals surface area contributed by atoms with E-state index < -0.39 is 11.7 Å². The average molecular weight is 461 g/mol. The fourth-order valence-electron chi connectivity index (χ4n) is 4.43. The number of nitrogens with zero attached hydrogens (tertiary/aromatic N) is 3. The van der Waals surface area contributed by atoms with Gasteiger partial charge in [-0.05, 0) is 57.9 Å². The fourth-order valence-corrected chi connectivity index (χ4v) is 4.43. The van der Waals surface area contributed by atoms with E-state index in [0.717, 1.165) is 64.3 Å². The summed E-state index contributed by atoms with van der Waals surface area (Å²) in [5.74, 6) is 1.05. The molecule has 1 unspecified atom stereocenters. The second-order valence-electron chi connectivity index (χ2n) is 10.0. The van der Waals surface area contributed by atoms with E-state index in [-0.39, 0.29) is 11.9 Å². The second-order valence-corrected chi connectivity index (χ2v) is 10.0. The van der Waals surface area contributed by atoms with E-state index in [1.54, 1.807) is 7.11 Å². The summed E-state index contributed by atoms with van der Waals surface area (Å²) in [6, 6.07) is 8.34. The van der Waals surface area contributed by atoms with Crippen LogP contribution in [0, 0.1) is 0 Å². The highest BCUT2D eigenvalue weighted by Crippen LogP contribution is 2.18. The van der Waals surface area contributed by atoms with E-state index in [2.05, 4.69) is 27.2 Å². The lowest BCUT2D eigenvalue weighted by Gasteiger charge is -2.39. The van der Waals surface area contributed by atoms with E-state index in [1.165, 1.54) is 5.56 Å². The Kier molecular flexibility index (Phi) is 8.97. The third kappa shape index (κ3) is 8.19. The number of piperidine rings is 1. The monoisotopic (exact) mass is 460 g/mol.